The molecule has 0 spiro atoms. The molecular formula is C13H21NO. The van der Waals surface area contributed by atoms with E-state index in [1.165, 1.54) is 16.8 Å². The van der Waals surface area contributed by atoms with Crippen LogP contribution in [0.15, 0.2) is 18.2 Å². The molecule has 1 N–H and O–H groups in total. The molecule has 0 aromatic heterocycles. The van der Waals surface area contributed by atoms with Crippen molar-refractivity contribution in [3.63, 3.8) is 0 Å². The van der Waals surface area contributed by atoms with Crippen LogP contribution in [0.5, 0.6) is 0 Å². The van der Waals surface area contributed by atoms with Gasteiger partial charge in [0.1, 0.15) is 0 Å². The summed E-state index contributed by atoms with van der Waals surface area (Å²) in [6, 6.07) is 6.43. The highest BCUT2D eigenvalue weighted by Crippen LogP contribution is 2.13. The maximum Gasteiger partial charge on any atom is 0.0639 e. The standard InChI is InChI=1S/C13H21NO/c1-4-8-15-9-7-14-13-6-5-11(2)12(3)10-13/h5-6,10,14H,4,7-9H2,1-3H3. The fourth-order valence-corrected chi connectivity index (χ4v) is 1.37. The van der Waals surface area contributed by atoms with Gasteiger partial charge in [0.2, 0.25) is 0 Å². The molecule has 84 valence electrons. The van der Waals surface area contributed by atoms with Gasteiger partial charge >= 0.3 is 0 Å². The van der Waals surface area contributed by atoms with E-state index in [9.17, 15) is 0 Å². The number of hydrogen-bond acceptors (Lipinski definition) is 2. The highest BCUT2D eigenvalue weighted by molar-refractivity contribution is 5.47. The second-order valence-electron chi connectivity index (χ2n) is 3.84. The Morgan fingerprint density at radius 3 is 2.60 bits per heavy atom. The zero-order valence-corrected chi connectivity index (χ0v) is 9.97. The first-order chi connectivity index (χ1) is 7.24. The molecular weight excluding hydrogens is 186 g/mol. The van der Waals surface area contributed by atoms with E-state index in [4.69, 9.17) is 4.74 Å². The summed E-state index contributed by atoms with van der Waals surface area (Å²) in [5.74, 6) is 0. The van der Waals surface area contributed by atoms with Crippen molar-refractivity contribution in [2.24, 2.45) is 0 Å². The Morgan fingerprint density at radius 1 is 1.13 bits per heavy atom. The minimum Gasteiger partial charge on any atom is -0.383 e. The first kappa shape index (κ1) is 12.1. The second kappa shape index (κ2) is 6.46. The number of ether oxygens (including phenoxy) is 1. The fraction of sp³-hybridized carbons (Fsp3) is 0.538. The number of benzene rings is 1. The van der Waals surface area contributed by atoms with Crippen LogP contribution in [0.1, 0.15) is 24.5 Å². The topological polar surface area (TPSA) is 21.3 Å². The number of anilines is 1. The van der Waals surface area contributed by atoms with Crippen molar-refractivity contribution in [3.8, 4) is 0 Å². The smallest absolute Gasteiger partial charge is 0.0639 e. The SMILES string of the molecule is CCCOCCNc1ccc(C)c(C)c1. The van der Waals surface area contributed by atoms with E-state index in [0.717, 1.165) is 26.2 Å². The molecule has 0 bridgehead atoms. The molecule has 0 atom stereocenters. The lowest BCUT2D eigenvalue weighted by Gasteiger charge is -2.08. The number of hydrogen-bond donors (Lipinski definition) is 1. The van der Waals surface area contributed by atoms with Gasteiger partial charge < -0.3 is 10.1 Å². The zero-order chi connectivity index (χ0) is 11.1. The van der Waals surface area contributed by atoms with Crippen molar-refractivity contribution in [3.05, 3.63) is 29.3 Å². The Kier molecular flexibility index (Phi) is 5.19. The van der Waals surface area contributed by atoms with E-state index < -0.39 is 0 Å². The summed E-state index contributed by atoms with van der Waals surface area (Å²) in [5, 5.41) is 3.35. The molecule has 0 saturated heterocycles. The summed E-state index contributed by atoms with van der Waals surface area (Å²) in [4.78, 5) is 0. The van der Waals surface area contributed by atoms with Crippen LogP contribution in [0, 0.1) is 13.8 Å². The van der Waals surface area contributed by atoms with Gasteiger partial charge in [0.05, 0.1) is 6.61 Å². The third-order valence-electron chi connectivity index (χ3n) is 2.43. The van der Waals surface area contributed by atoms with E-state index >= 15 is 0 Å². The van der Waals surface area contributed by atoms with Crippen LogP contribution in [-0.2, 0) is 4.74 Å². The maximum atomic E-state index is 5.40. The molecule has 0 heterocycles. The van der Waals surface area contributed by atoms with Gasteiger partial charge in [-0.3, -0.25) is 0 Å². The van der Waals surface area contributed by atoms with Crippen molar-refractivity contribution in [2.45, 2.75) is 27.2 Å². The van der Waals surface area contributed by atoms with Gasteiger partial charge in [0.25, 0.3) is 0 Å². The van der Waals surface area contributed by atoms with Gasteiger partial charge in [-0.15, -0.1) is 0 Å². The molecule has 0 amide bonds. The lowest BCUT2D eigenvalue weighted by Crippen LogP contribution is -2.09. The second-order valence-corrected chi connectivity index (χ2v) is 3.84. The van der Waals surface area contributed by atoms with Crippen LogP contribution in [0.3, 0.4) is 0 Å². The predicted molar refractivity (Wildman–Crippen MR) is 65.5 cm³/mol. The van der Waals surface area contributed by atoms with Gasteiger partial charge in [0.15, 0.2) is 0 Å². The quantitative estimate of drug-likeness (QED) is 0.724. The first-order valence-corrected chi connectivity index (χ1v) is 5.63. The average Bonchev–Trinajstić information content (AvgIpc) is 2.23. The summed E-state index contributed by atoms with van der Waals surface area (Å²) >= 11 is 0. The Morgan fingerprint density at radius 2 is 1.93 bits per heavy atom. The third kappa shape index (κ3) is 4.34. The lowest BCUT2D eigenvalue weighted by molar-refractivity contribution is 0.144. The molecule has 2 nitrogen and oxygen atoms in total. The van der Waals surface area contributed by atoms with E-state index in [0.29, 0.717) is 0 Å². The van der Waals surface area contributed by atoms with Crippen LogP contribution in [0.2, 0.25) is 0 Å². The molecule has 0 aliphatic rings. The van der Waals surface area contributed by atoms with Crippen LogP contribution < -0.4 is 5.32 Å². The predicted octanol–water partition coefficient (Wildman–Crippen LogP) is 3.14. The van der Waals surface area contributed by atoms with Gasteiger partial charge in [-0.25, -0.2) is 0 Å². The van der Waals surface area contributed by atoms with Gasteiger partial charge in [-0.2, -0.15) is 0 Å². The minimum atomic E-state index is 0.779. The maximum absolute atomic E-state index is 5.40. The molecule has 0 fully saturated rings. The molecule has 1 aromatic carbocycles. The lowest BCUT2D eigenvalue weighted by atomic mass is 10.1. The highest BCUT2D eigenvalue weighted by Gasteiger charge is 1.95. The Hall–Kier alpha value is -1.02. The van der Waals surface area contributed by atoms with Gasteiger partial charge in [-0.1, -0.05) is 13.0 Å². The van der Waals surface area contributed by atoms with E-state index in [-0.39, 0.29) is 0 Å². The van der Waals surface area contributed by atoms with E-state index in [1.807, 2.05) is 0 Å². The molecule has 0 saturated carbocycles. The number of rotatable bonds is 6. The van der Waals surface area contributed by atoms with Crippen molar-refractivity contribution in [1.29, 1.82) is 0 Å². The van der Waals surface area contributed by atoms with Crippen LogP contribution in [0.25, 0.3) is 0 Å². The zero-order valence-electron chi connectivity index (χ0n) is 9.97. The van der Waals surface area contributed by atoms with Crippen LogP contribution in [0.4, 0.5) is 5.69 Å². The molecule has 2 heteroatoms. The molecule has 0 unspecified atom stereocenters. The van der Waals surface area contributed by atoms with Crippen molar-refractivity contribution in [2.75, 3.05) is 25.1 Å². The molecule has 1 rings (SSSR count). The minimum absolute atomic E-state index is 0.779. The van der Waals surface area contributed by atoms with E-state index in [1.54, 1.807) is 0 Å². The molecule has 0 radical (unpaired) electrons. The van der Waals surface area contributed by atoms with Gasteiger partial charge in [0, 0.05) is 18.8 Å². The molecule has 0 aliphatic carbocycles. The van der Waals surface area contributed by atoms with Crippen molar-refractivity contribution < 1.29 is 4.74 Å². The largest absolute Gasteiger partial charge is 0.383 e. The first-order valence-electron chi connectivity index (χ1n) is 5.63. The molecule has 15 heavy (non-hydrogen) atoms. The monoisotopic (exact) mass is 207 g/mol. The number of nitrogens with one attached hydrogen (secondary N) is 1. The average molecular weight is 207 g/mol. The summed E-state index contributed by atoms with van der Waals surface area (Å²) in [6.07, 6.45) is 1.09. The van der Waals surface area contributed by atoms with Crippen molar-refractivity contribution >= 4 is 5.69 Å². The third-order valence-corrected chi connectivity index (χ3v) is 2.43. The number of aryl methyl sites for hydroxylation is 2. The summed E-state index contributed by atoms with van der Waals surface area (Å²) < 4.78 is 5.40. The Bertz CT molecular complexity index is 297. The van der Waals surface area contributed by atoms with Crippen LogP contribution >= 0.6 is 0 Å². The molecule has 1 aromatic rings. The Balaban J connectivity index is 2.28. The van der Waals surface area contributed by atoms with Gasteiger partial charge in [-0.05, 0) is 43.5 Å². The summed E-state index contributed by atoms with van der Waals surface area (Å²) in [5.41, 5.74) is 3.84. The summed E-state index contributed by atoms with van der Waals surface area (Å²) in [7, 11) is 0. The summed E-state index contributed by atoms with van der Waals surface area (Å²) in [6.45, 7) is 8.90. The normalized spacial score (nSPS) is 10.3. The highest BCUT2D eigenvalue weighted by atomic mass is 16.5. The van der Waals surface area contributed by atoms with E-state index in [2.05, 4.69) is 44.3 Å². The van der Waals surface area contributed by atoms with Crippen molar-refractivity contribution in [1.82, 2.24) is 0 Å². The fourth-order valence-electron chi connectivity index (χ4n) is 1.37. The molecule has 0 aliphatic heterocycles. The van der Waals surface area contributed by atoms with Crippen LogP contribution in [-0.4, -0.2) is 19.8 Å². The Labute approximate surface area is 92.6 Å².